The Balaban J connectivity index is 1.83. The SMILES string of the molecule is CCOc1ccccc1NC(=O)CC(=O)NCc1ccccn1. The molecule has 0 atom stereocenters. The highest BCUT2D eigenvalue weighted by atomic mass is 16.5. The highest BCUT2D eigenvalue weighted by molar-refractivity contribution is 6.04. The molecule has 2 rings (SSSR count). The molecule has 0 aliphatic heterocycles. The van der Waals surface area contributed by atoms with Gasteiger partial charge in [0, 0.05) is 6.20 Å². The van der Waals surface area contributed by atoms with Gasteiger partial charge >= 0.3 is 0 Å². The molecule has 23 heavy (non-hydrogen) atoms. The van der Waals surface area contributed by atoms with Gasteiger partial charge in [-0.2, -0.15) is 0 Å². The number of nitrogens with zero attached hydrogens (tertiary/aromatic N) is 1. The van der Waals surface area contributed by atoms with Gasteiger partial charge in [-0.15, -0.1) is 0 Å². The number of hydrogen-bond acceptors (Lipinski definition) is 4. The fraction of sp³-hybridized carbons (Fsp3) is 0.235. The van der Waals surface area contributed by atoms with Gasteiger partial charge in [-0.3, -0.25) is 14.6 Å². The molecule has 0 aliphatic carbocycles. The van der Waals surface area contributed by atoms with E-state index in [0.29, 0.717) is 24.6 Å². The van der Waals surface area contributed by atoms with E-state index in [1.165, 1.54) is 0 Å². The Kier molecular flexibility index (Phi) is 6.11. The van der Waals surface area contributed by atoms with Crippen LogP contribution in [0.15, 0.2) is 48.7 Å². The summed E-state index contributed by atoms with van der Waals surface area (Å²) >= 11 is 0. The lowest BCUT2D eigenvalue weighted by molar-refractivity contribution is -0.126. The fourth-order valence-electron chi connectivity index (χ4n) is 1.95. The number of benzene rings is 1. The van der Waals surface area contributed by atoms with Crippen molar-refractivity contribution in [3.05, 3.63) is 54.4 Å². The Morgan fingerprint density at radius 3 is 2.61 bits per heavy atom. The van der Waals surface area contributed by atoms with Gasteiger partial charge in [0.25, 0.3) is 0 Å². The van der Waals surface area contributed by atoms with Gasteiger partial charge in [0.15, 0.2) is 0 Å². The fourth-order valence-corrected chi connectivity index (χ4v) is 1.95. The minimum Gasteiger partial charge on any atom is -0.492 e. The Hall–Kier alpha value is -2.89. The van der Waals surface area contributed by atoms with Crippen molar-refractivity contribution in [3.8, 4) is 5.75 Å². The van der Waals surface area contributed by atoms with Crippen LogP contribution in [0.25, 0.3) is 0 Å². The summed E-state index contributed by atoms with van der Waals surface area (Å²) in [6.45, 7) is 2.66. The van der Waals surface area contributed by atoms with Gasteiger partial charge in [-0.25, -0.2) is 0 Å². The van der Waals surface area contributed by atoms with E-state index in [1.54, 1.807) is 36.5 Å². The molecule has 0 saturated heterocycles. The summed E-state index contributed by atoms with van der Waals surface area (Å²) in [6.07, 6.45) is 1.39. The van der Waals surface area contributed by atoms with Gasteiger partial charge in [-0.1, -0.05) is 18.2 Å². The molecule has 1 heterocycles. The van der Waals surface area contributed by atoms with Crippen LogP contribution in [0.3, 0.4) is 0 Å². The molecule has 0 fully saturated rings. The molecule has 0 spiro atoms. The number of carbonyl (C=O) groups is 2. The van der Waals surface area contributed by atoms with Gasteiger partial charge in [-0.05, 0) is 31.2 Å². The number of para-hydroxylation sites is 2. The van der Waals surface area contributed by atoms with Crippen molar-refractivity contribution >= 4 is 17.5 Å². The quantitative estimate of drug-likeness (QED) is 0.767. The first-order valence-electron chi connectivity index (χ1n) is 7.37. The third-order valence-electron chi connectivity index (χ3n) is 2.97. The Morgan fingerprint density at radius 2 is 1.87 bits per heavy atom. The van der Waals surface area contributed by atoms with Crippen molar-refractivity contribution < 1.29 is 14.3 Å². The molecule has 2 aromatic rings. The largest absolute Gasteiger partial charge is 0.492 e. The number of hydrogen-bond donors (Lipinski definition) is 2. The molecule has 6 heteroatoms. The molecule has 0 radical (unpaired) electrons. The molecule has 120 valence electrons. The van der Waals surface area contributed by atoms with Crippen LogP contribution in [0.1, 0.15) is 19.0 Å². The van der Waals surface area contributed by atoms with E-state index in [-0.39, 0.29) is 12.3 Å². The number of anilines is 1. The van der Waals surface area contributed by atoms with Crippen molar-refractivity contribution in [2.45, 2.75) is 19.9 Å². The lowest BCUT2D eigenvalue weighted by Gasteiger charge is -2.11. The standard InChI is InChI=1S/C17H19N3O3/c1-2-23-15-9-4-3-8-14(15)20-17(22)11-16(21)19-12-13-7-5-6-10-18-13/h3-10H,2,11-12H2,1H3,(H,19,21)(H,20,22). The second kappa shape index (κ2) is 8.53. The molecule has 1 aromatic heterocycles. The second-order valence-electron chi connectivity index (χ2n) is 4.75. The topological polar surface area (TPSA) is 80.3 Å². The molecule has 0 bridgehead atoms. The van der Waals surface area contributed by atoms with Crippen LogP contribution in [0, 0.1) is 0 Å². The maximum atomic E-state index is 11.9. The van der Waals surface area contributed by atoms with Crippen LogP contribution in [-0.2, 0) is 16.1 Å². The van der Waals surface area contributed by atoms with Crippen LogP contribution in [0.5, 0.6) is 5.75 Å². The monoisotopic (exact) mass is 313 g/mol. The average molecular weight is 313 g/mol. The minimum atomic E-state index is -0.393. The molecule has 2 N–H and O–H groups in total. The maximum absolute atomic E-state index is 11.9. The van der Waals surface area contributed by atoms with E-state index in [9.17, 15) is 9.59 Å². The minimum absolute atomic E-state index is 0.257. The smallest absolute Gasteiger partial charge is 0.233 e. The van der Waals surface area contributed by atoms with Crippen LogP contribution >= 0.6 is 0 Å². The molecule has 2 amide bonds. The lowest BCUT2D eigenvalue weighted by atomic mass is 10.2. The normalized spacial score (nSPS) is 9.96. The molecular formula is C17H19N3O3. The third-order valence-corrected chi connectivity index (χ3v) is 2.97. The summed E-state index contributed by atoms with van der Waals surface area (Å²) in [6, 6.07) is 12.5. The Morgan fingerprint density at radius 1 is 1.09 bits per heavy atom. The van der Waals surface area contributed by atoms with Gasteiger partial charge in [0.2, 0.25) is 11.8 Å². The number of ether oxygens (including phenoxy) is 1. The van der Waals surface area contributed by atoms with Crippen molar-refractivity contribution in [2.24, 2.45) is 0 Å². The van der Waals surface area contributed by atoms with E-state index >= 15 is 0 Å². The van der Waals surface area contributed by atoms with Crippen LogP contribution in [0.2, 0.25) is 0 Å². The predicted molar refractivity (Wildman–Crippen MR) is 86.9 cm³/mol. The molecule has 6 nitrogen and oxygen atoms in total. The zero-order valence-electron chi connectivity index (χ0n) is 12.9. The Labute approximate surface area is 134 Å². The molecule has 0 aliphatic rings. The first-order chi connectivity index (χ1) is 11.2. The molecule has 1 aromatic carbocycles. The highest BCUT2D eigenvalue weighted by Crippen LogP contribution is 2.23. The Bertz CT molecular complexity index is 659. The molecule has 0 saturated carbocycles. The summed E-state index contributed by atoms with van der Waals surface area (Å²) in [7, 11) is 0. The van der Waals surface area contributed by atoms with Crippen molar-refractivity contribution in [1.82, 2.24) is 10.3 Å². The van der Waals surface area contributed by atoms with Crippen molar-refractivity contribution in [2.75, 3.05) is 11.9 Å². The number of aromatic nitrogens is 1. The first kappa shape index (κ1) is 16.5. The van der Waals surface area contributed by atoms with E-state index in [2.05, 4.69) is 15.6 Å². The van der Waals surface area contributed by atoms with E-state index < -0.39 is 5.91 Å². The third kappa shape index (κ3) is 5.43. The summed E-state index contributed by atoms with van der Waals surface area (Å²) in [5, 5.41) is 5.35. The van der Waals surface area contributed by atoms with Crippen molar-refractivity contribution in [3.63, 3.8) is 0 Å². The van der Waals surface area contributed by atoms with Crippen LogP contribution < -0.4 is 15.4 Å². The second-order valence-corrected chi connectivity index (χ2v) is 4.75. The number of rotatable bonds is 7. The maximum Gasteiger partial charge on any atom is 0.233 e. The zero-order chi connectivity index (χ0) is 16.5. The highest BCUT2D eigenvalue weighted by Gasteiger charge is 2.12. The predicted octanol–water partition coefficient (Wildman–Crippen LogP) is 2.13. The van der Waals surface area contributed by atoms with E-state index in [0.717, 1.165) is 5.69 Å². The van der Waals surface area contributed by atoms with Crippen LogP contribution in [0.4, 0.5) is 5.69 Å². The summed E-state index contributed by atoms with van der Waals surface area (Å²) < 4.78 is 5.42. The number of carbonyl (C=O) groups excluding carboxylic acids is 2. The number of amides is 2. The zero-order valence-corrected chi connectivity index (χ0v) is 12.9. The summed E-state index contributed by atoms with van der Waals surface area (Å²) in [5.41, 5.74) is 1.29. The summed E-state index contributed by atoms with van der Waals surface area (Å²) in [4.78, 5) is 27.8. The van der Waals surface area contributed by atoms with E-state index in [4.69, 9.17) is 4.74 Å². The lowest BCUT2D eigenvalue weighted by Crippen LogP contribution is -2.28. The van der Waals surface area contributed by atoms with Gasteiger partial charge in [0.1, 0.15) is 12.2 Å². The molecule has 0 unspecified atom stereocenters. The molecular weight excluding hydrogens is 294 g/mol. The number of pyridine rings is 1. The first-order valence-corrected chi connectivity index (χ1v) is 7.37. The number of nitrogens with one attached hydrogen (secondary N) is 2. The average Bonchev–Trinajstić information content (AvgIpc) is 2.56. The van der Waals surface area contributed by atoms with Gasteiger partial charge < -0.3 is 15.4 Å². The van der Waals surface area contributed by atoms with Crippen LogP contribution in [-0.4, -0.2) is 23.4 Å². The van der Waals surface area contributed by atoms with Gasteiger partial charge in [0.05, 0.1) is 24.5 Å². The summed E-state index contributed by atoms with van der Waals surface area (Å²) in [5.74, 6) is -0.171. The van der Waals surface area contributed by atoms with E-state index in [1.807, 2.05) is 19.1 Å². The van der Waals surface area contributed by atoms with Crippen molar-refractivity contribution in [1.29, 1.82) is 0 Å².